The Morgan fingerprint density at radius 3 is 2.42 bits per heavy atom. The van der Waals surface area contributed by atoms with Gasteiger partial charge in [-0.15, -0.1) is 0 Å². The van der Waals surface area contributed by atoms with Crippen molar-refractivity contribution in [3.8, 4) is 0 Å². The summed E-state index contributed by atoms with van der Waals surface area (Å²) in [5.41, 5.74) is -1.53. The highest BCUT2D eigenvalue weighted by molar-refractivity contribution is 5.92. The Morgan fingerprint density at radius 1 is 1.16 bits per heavy atom. The summed E-state index contributed by atoms with van der Waals surface area (Å²) in [4.78, 5) is 39.4. The van der Waals surface area contributed by atoms with Gasteiger partial charge in [0.25, 0.3) is 0 Å². The molecule has 0 aromatic heterocycles. The van der Waals surface area contributed by atoms with E-state index in [1.165, 1.54) is 13.8 Å². The average Bonchev–Trinajstić information content (AvgIpc) is 3.14. The molecule has 1 aromatic carbocycles. The molecule has 0 unspecified atom stereocenters. The zero-order chi connectivity index (χ0) is 27.7. The van der Waals surface area contributed by atoms with Gasteiger partial charge in [0.1, 0.15) is 11.5 Å². The number of ketones is 1. The lowest BCUT2D eigenvalue weighted by molar-refractivity contribution is -0.214. The Hall–Kier alpha value is -2.81. The highest BCUT2D eigenvalue weighted by atomic mass is 16.5. The molecule has 8 heteroatoms. The van der Waals surface area contributed by atoms with Crippen LogP contribution in [0.3, 0.4) is 0 Å². The summed E-state index contributed by atoms with van der Waals surface area (Å²) in [6.07, 6.45) is -1.27. The number of fused-ring (bicyclic) bond motifs is 1. The molecule has 0 radical (unpaired) electrons. The minimum atomic E-state index is -2.06. The average molecular weight is 524 g/mol. The number of aliphatic hydroxyl groups is 3. The standard InChI is InChI=1S/C30H37NO7/c1-14-11-20-13-21-25(34)16(3)15(2)24-22(12-19-9-7-6-8-10-19)31-28(36)29(21,24)27(38-18(5)33)23(20)26(35)30(14,37)17(4)32/h6-10,13-15,20,22-27,34-35,37H,3,11-12H2,1-2,4-5H3,(H,31,36)/t14-,15+,20-,22-,23-,24-,25+,26+,27+,29-,30+/m0/s1. The highest BCUT2D eigenvalue weighted by Gasteiger charge is 2.73. The quantitative estimate of drug-likeness (QED) is 0.349. The van der Waals surface area contributed by atoms with Crippen LogP contribution in [0.4, 0.5) is 0 Å². The lowest BCUT2D eigenvalue weighted by Crippen LogP contribution is -2.70. The predicted octanol–water partition coefficient (Wildman–Crippen LogP) is 1.72. The number of allylic oxidation sites excluding steroid dienone is 1. The number of nitrogens with one attached hydrogen (secondary N) is 1. The van der Waals surface area contributed by atoms with Gasteiger partial charge >= 0.3 is 5.97 Å². The van der Waals surface area contributed by atoms with Crippen LogP contribution in [0.5, 0.6) is 0 Å². The molecule has 8 nitrogen and oxygen atoms in total. The third kappa shape index (κ3) is 3.50. The zero-order valence-corrected chi connectivity index (χ0v) is 22.3. The molecule has 3 fully saturated rings. The molecule has 1 saturated heterocycles. The van der Waals surface area contributed by atoms with Gasteiger partial charge < -0.3 is 25.4 Å². The SMILES string of the molecule is C=C1[C@@H](O)C2=C[C@@H]3C[C@H](C)[C@@](O)(C(C)=O)[C@H](O)[C@H]3[C@@H](OC(C)=O)[C@]23C(=O)N[C@@H](Cc2ccccc2)[C@@H]3[C@@H]1C. The topological polar surface area (TPSA) is 133 Å². The normalized spacial score (nSPS) is 43.8. The third-order valence-corrected chi connectivity index (χ3v) is 9.93. The second-order valence-corrected chi connectivity index (χ2v) is 11.8. The number of ether oxygens (including phenoxy) is 1. The monoisotopic (exact) mass is 523 g/mol. The van der Waals surface area contributed by atoms with Crippen molar-refractivity contribution in [1.29, 1.82) is 0 Å². The summed E-state index contributed by atoms with van der Waals surface area (Å²) in [6, 6.07) is 9.36. The Kier molecular flexibility index (Phi) is 6.44. The van der Waals surface area contributed by atoms with Crippen LogP contribution in [0.1, 0.15) is 39.7 Å². The summed E-state index contributed by atoms with van der Waals surface area (Å²) < 4.78 is 5.95. The number of Topliss-reactive ketones (excluding diaryl/α,β-unsaturated/α-hetero) is 1. The molecule has 1 heterocycles. The highest BCUT2D eigenvalue weighted by Crippen LogP contribution is 2.63. The first kappa shape index (κ1) is 26.8. The second kappa shape index (κ2) is 9.14. The number of hydrogen-bond donors (Lipinski definition) is 4. The van der Waals surface area contributed by atoms with E-state index in [1.807, 2.05) is 43.3 Å². The molecule has 204 valence electrons. The summed E-state index contributed by atoms with van der Waals surface area (Å²) >= 11 is 0. The van der Waals surface area contributed by atoms with Crippen LogP contribution in [-0.2, 0) is 25.5 Å². The molecule has 38 heavy (non-hydrogen) atoms. The molecular formula is C30H37NO7. The smallest absolute Gasteiger partial charge is 0.302 e. The van der Waals surface area contributed by atoms with Crippen molar-refractivity contribution in [3.05, 3.63) is 59.7 Å². The fraction of sp³-hybridized carbons (Fsp3) is 0.567. The first-order valence-electron chi connectivity index (χ1n) is 13.4. The molecule has 4 aliphatic rings. The van der Waals surface area contributed by atoms with Crippen LogP contribution in [-0.4, -0.2) is 62.9 Å². The van der Waals surface area contributed by atoms with Gasteiger partial charge in [0, 0.05) is 24.8 Å². The van der Waals surface area contributed by atoms with Gasteiger partial charge in [-0.05, 0) is 54.2 Å². The number of benzene rings is 1. The minimum absolute atomic E-state index is 0.309. The number of aliphatic hydroxyl groups excluding tert-OH is 2. The van der Waals surface area contributed by atoms with E-state index >= 15 is 0 Å². The maximum absolute atomic E-state index is 14.2. The maximum Gasteiger partial charge on any atom is 0.302 e. The second-order valence-electron chi connectivity index (χ2n) is 11.8. The molecular weight excluding hydrogens is 486 g/mol. The fourth-order valence-electron chi connectivity index (χ4n) is 8.15. The Morgan fingerprint density at radius 2 is 1.82 bits per heavy atom. The van der Waals surface area contributed by atoms with E-state index in [1.54, 1.807) is 6.92 Å². The van der Waals surface area contributed by atoms with Crippen molar-refractivity contribution >= 4 is 17.7 Å². The van der Waals surface area contributed by atoms with Gasteiger partial charge in [-0.3, -0.25) is 14.4 Å². The van der Waals surface area contributed by atoms with E-state index in [2.05, 4.69) is 11.9 Å². The van der Waals surface area contributed by atoms with Crippen molar-refractivity contribution in [1.82, 2.24) is 5.32 Å². The molecule has 3 aliphatic carbocycles. The summed E-state index contributed by atoms with van der Waals surface area (Å²) in [7, 11) is 0. The van der Waals surface area contributed by atoms with Crippen LogP contribution in [0, 0.1) is 35.0 Å². The fourth-order valence-corrected chi connectivity index (χ4v) is 8.15. The van der Waals surface area contributed by atoms with E-state index < -0.39 is 70.7 Å². The van der Waals surface area contributed by atoms with Crippen LogP contribution in [0.2, 0.25) is 0 Å². The van der Waals surface area contributed by atoms with E-state index in [0.717, 1.165) is 5.56 Å². The first-order chi connectivity index (χ1) is 17.9. The summed E-state index contributed by atoms with van der Waals surface area (Å²) in [6.45, 7) is 10.3. The predicted molar refractivity (Wildman–Crippen MR) is 138 cm³/mol. The number of carbonyl (C=O) groups excluding carboxylic acids is 3. The summed E-state index contributed by atoms with van der Waals surface area (Å²) in [5, 5.41) is 37.7. The molecule has 0 bridgehead atoms. The molecule has 4 N–H and O–H groups in total. The molecule has 1 spiro atoms. The Bertz CT molecular complexity index is 1210. The molecule has 5 rings (SSSR count). The van der Waals surface area contributed by atoms with E-state index in [-0.39, 0.29) is 12.0 Å². The molecule has 1 amide bonds. The maximum atomic E-state index is 14.2. The molecule has 1 aliphatic heterocycles. The van der Waals surface area contributed by atoms with Gasteiger partial charge in [-0.25, -0.2) is 0 Å². The van der Waals surface area contributed by atoms with Crippen LogP contribution >= 0.6 is 0 Å². The number of esters is 1. The van der Waals surface area contributed by atoms with Gasteiger partial charge in [0.05, 0.1) is 12.2 Å². The van der Waals surface area contributed by atoms with E-state index in [9.17, 15) is 29.7 Å². The molecule has 11 atom stereocenters. The third-order valence-electron chi connectivity index (χ3n) is 9.93. The Balaban J connectivity index is 1.72. The number of carbonyl (C=O) groups is 3. The Labute approximate surface area is 222 Å². The summed E-state index contributed by atoms with van der Waals surface area (Å²) in [5.74, 6) is -4.38. The first-order valence-corrected chi connectivity index (χ1v) is 13.4. The van der Waals surface area contributed by atoms with Crippen molar-refractivity contribution < 1.29 is 34.4 Å². The van der Waals surface area contributed by atoms with Crippen LogP contribution in [0.15, 0.2) is 54.1 Å². The van der Waals surface area contributed by atoms with Crippen molar-refractivity contribution in [2.24, 2.45) is 35.0 Å². The zero-order valence-electron chi connectivity index (χ0n) is 22.3. The lowest BCUT2D eigenvalue weighted by atomic mass is 9.46. The van der Waals surface area contributed by atoms with E-state index in [4.69, 9.17) is 4.74 Å². The molecule has 1 aromatic rings. The van der Waals surface area contributed by atoms with Gasteiger partial charge in [0.15, 0.2) is 11.4 Å². The van der Waals surface area contributed by atoms with E-state index in [0.29, 0.717) is 24.0 Å². The van der Waals surface area contributed by atoms with Gasteiger partial charge in [-0.2, -0.15) is 0 Å². The molecule has 2 saturated carbocycles. The van der Waals surface area contributed by atoms with Crippen molar-refractivity contribution in [2.75, 3.05) is 0 Å². The van der Waals surface area contributed by atoms with Gasteiger partial charge in [0.2, 0.25) is 5.91 Å². The minimum Gasteiger partial charge on any atom is -0.461 e. The van der Waals surface area contributed by atoms with Gasteiger partial charge in [-0.1, -0.05) is 56.8 Å². The van der Waals surface area contributed by atoms with Crippen molar-refractivity contribution in [2.45, 2.75) is 70.5 Å². The van der Waals surface area contributed by atoms with Crippen LogP contribution < -0.4 is 5.32 Å². The lowest BCUT2D eigenvalue weighted by Gasteiger charge is -2.59. The van der Waals surface area contributed by atoms with Crippen LogP contribution in [0.25, 0.3) is 0 Å². The number of rotatable bonds is 4. The van der Waals surface area contributed by atoms with Crippen molar-refractivity contribution in [3.63, 3.8) is 0 Å². The number of hydrogen-bond acceptors (Lipinski definition) is 7. The largest absolute Gasteiger partial charge is 0.461 e. The number of amides is 1.